The Labute approximate surface area is 77.2 Å². The predicted molar refractivity (Wildman–Crippen MR) is 52.6 cm³/mol. The van der Waals surface area contributed by atoms with Crippen LogP contribution in [0.4, 0.5) is 0 Å². The largest absolute Gasteiger partial charge is 0.303 e. The Bertz CT molecular complexity index is 258. The zero-order valence-electron chi connectivity index (χ0n) is 7.12. The van der Waals surface area contributed by atoms with Crippen LogP contribution in [0.1, 0.15) is 12.0 Å². The molecule has 0 fully saturated rings. The van der Waals surface area contributed by atoms with Gasteiger partial charge in [0, 0.05) is 11.3 Å². The first kappa shape index (κ1) is 9.33. The van der Waals surface area contributed by atoms with E-state index in [0.29, 0.717) is 6.42 Å². The van der Waals surface area contributed by atoms with Gasteiger partial charge in [-0.25, -0.2) is 0 Å². The maximum absolute atomic E-state index is 10.1. The summed E-state index contributed by atoms with van der Waals surface area (Å²) in [6, 6.07) is 8.30. The molecule has 0 radical (unpaired) electrons. The number of hydrogen-bond acceptors (Lipinski definition) is 2. The number of thioether (sulfide) groups is 1. The lowest BCUT2D eigenvalue weighted by Crippen LogP contribution is -1.85. The van der Waals surface area contributed by atoms with Crippen molar-refractivity contribution in [3.05, 3.63) is 29.8 Å². The topological polar surface area (TPSA) is 17.1 Å². The minimum atomic E-state index is 0.623. The summed E-state index contributed by atoms with van der Waals surface area (Å²) in [4.78, 5) is 11.4. The maximum atomic E-state index is 10.1. The molecule has 1 aromatic rings. The van der Waals surface area contributed by atoms with E-state index in [-0.39, 0.29) is 0 Å². The van der Waals surface area contributed by atoms with Crippen LogP contribution in [0.3, 0.4) is 0 Å². The molecule has 0 aliphatic rings. The number of aldehydes is 1. The molecule has 0 aliphatic heterocycles. The molecule has 1 aromatic carbocycles. The van der Waals surface area contributed by atoms with Crippen LogP contribution in [0.2, 0.25) is 0 Å². The first-order valence-corrected chi connectivity index (χ1v) is 5.16. The highest BCUT2D eigenvalue weighted by molar-refractivity contribution is 7.98. The monoisotopic (exact) mass is 180 g/mol. The lowest BCUT2D eigenvalue weighted by Gasteiger charge is -1.99. The molecule has 0 unspecified atom stereocenters. The molecule has 0 aromatic heterocycles. The molecule has 2 heteroatoms. The van der Waals surface area contributed by atoms with Crippen LogP contribution in [-0.4, -0.2) is 12.5 Å². The van der Waals surface area contributed by atoms with Crippen LogP contribution in [0, 0.1) is 0 Å². The fourth-order valence-electron chi connectivity index (χ4n) is 1.05. The van der Waals surface area contributed by atoms with E-state index in [4.69, 9.17) is 0 Å². The van der Waals surface area contributed by atoms with E-state index >= 15 is 0 Å². The second-order valence-electron chi connectivity index (χ2n) is 2.56. The van der Waals surface area contributed by atoms with E-state index < -0.39 is 0 Å². The molecule has 0 spiro atoms. The van der Waals surface area contributed by atoms with Crippen molar-refractivity contribution in [3.8, 4) is 0 Å². The summed E-state index contributed by atoms with van der Waals surface area (Å²) >= 11 is 1.73. The van der Waals surface area contributed by atoms with Gasteiger partial charge in [0.15, 0.2) is 0 Å². The van der Waals surface area contributed by atoms with Gasteiger partial charge < -0.3 is 4.79 Å². The molecule has 0 N–H and O–H groups in total. The van der Waals surface area contributed by atoms with Crippen LogP contribution < -0.4 is 0 Å². The minimum Gasteiger partial charge on any atom is -0.303 e. The van der Waals surface area contributed by atoms with Crippen molar-refractivity contribution in [1.82, 2.24) is 0 Å². The Balaban J connectivity index is 2.65. The normalized spacial score (nSPS) is 9.75. The zero-order chi connectivity index (χ0) is 8.81. The quantitative estimate of drug-likeness (QED) is 0.523. The molecule has 1 rings (SSSR count). The third-order valence-corrected chi connectivity index (χ3v) is 2.41. The molecule has 0 bridgehead atoms. The highest BCUT2D eigenvalue weighted by atomic mass is 32.2. The number of aryl methyl sites for hydroxylation is 1. The highest BCUT2D eigenvalue weighted by Gasteiger charge is 1.93. The highest BCUT2D eigenvalue weighted by Crippen LogP contribution is 2.16. The Morgan fingerprint density at radius 1 is 1.50 bits per heavy atom. The molecule has 0 atom stereocenters. The second kappa shape index (κ2) is 4.99. The van der Waals surface area contributed by atoms with Gasteiger partial charge in [-0.2, -0.15) is 0 Å². The number of benzene rings is 1. The number of hydrogen-bond donors (Lipinski definition) is 0. The van der Waals surface area contributed by atoms with E-state index in [9.17, 15) is 4.79 Å². The smallest absolute Gasteiger partial charge is 0.120 e. The Kier molecular flexibility index (Phi) is 3.88. The number of carbonyl (C=O) groups is 1. The van der Waals surface area contributed by atoms with E-state index in [0.717, 1.165) is 12.7 Å². The summed E-state index contributed by atoms with van der Waals surface area (Å²) in [6.07, 6.45) is 4.50. The SMILES string of the molecule is CSc1cccc(CCC=O)c1. The Morgan fingerprint density at radius 3 is 3.00 bits per heavy atom. The van der Waals surface area contributed by atoms with Gasteiger partial charge in [-0.1, -0.05) is 12.1 Å². The lowest BCUT2D eigenvalue weighted by atomic mass is 10.1. The molecular weight excluding hydrogens is 168 g/mol. The summed E-state index contributed by atoms with van der Waals surface area (Å²) in [5.74, 6) is 0. The fourth-order valence-corrected chi connectivity index (χ4v) is 1.54. The van der Waals surface area contributed by atoms with Crippen LogP contribution in [-0.2, 0) is 11.2 Å². The van der Waals surface area contributed by atoms with Crippen molar-refractivity contribution in [3.63, 3.8) is 0 Å². The zero-order valence-corrected chi connectivity index (χ0v) is 7.93. The summed E-state index contributed by atoms with van der Waals surface area (Å²) in [5, 5.41) is 0. The summed E-state index contributed by atoms with van der Waals surface area (Å²) in [6.45, 7) is 0. The van der Waals surface area contributed by atoms with Crippen molar-refractivity contribution in [1.29, 1.82) is 0 Å². The van der Waals surface area contributed by atoms with E-state index in [1.807, 2.05) is 6.07 Å². The lowest BCUT2D eigenvalue weighted by molar-refractivity contribution is -0.107. The molecule has 64 valence electrons. The van der Waals surface area contributed by atoms with Gasteiger partial charge in [-0.05, 0) is 30.4 Å². The summed E-state index contributed by atoms with van der Waals surface area (Å²) < 4.78 is 0. The van der Waals surface area contributed by atoms with Crippen molar-refractivity contribution in [2.45, 2.75) is 17.7 Å². The van der Waals surface area contributed by atoms with E-state index in [2.05, 4.69) is 24.5 Å². The van der Waals surface area contributed by atoms with Gasteiger partial charge in [0.25, 0.3) is 0 Å². The van der Waals surface area contributed by atoms with Crippen molar-refractivity contribution in [2.75, 3.05) is 6.26 Å². The standard InChI is InChI=1S/C10H12OS/c1-12-10-6-2-4-9(8-10)5-3-7-11/h2,4,6-8H,3,5H2,1H3. The molecule has 0 saturated heterocycles. The van der Waals surface area contributed by atoms with Gasteiger partial charge in [-0.3, -0.25) is 0 Å². The van der Waals surface area contributed by atoms with Crippen LogP contribution >= 0.6 is 11.8 Å². The predicted octanol–water partition coefficient (Wildman–Crippen LogP) is 2.54. The Morgan fingerprint density at radius 2 is 2.33 bits per heavy atom. The average Bonchev–Trinajstić information content (AvgIpc) is 2.15. The van der Waals surface area contributed by atoms with Gasteiger partial charge >= 0.3 is 0 Å². The third-order valence-electron chi connectivity index (χ3n) is 1.69. The van der Waals surface area contributed by atoms with Crippen LogP contribution in [0.5, 0.6) is 0 Å². The molecule has 1 nitrogen and oxygen atoms in total. The summed E-state index contributed by atoms with van der Waals surface area (Å²) in [7, 11) is 0. The first-order valence-electron chi connectivity index (χ1n) is 3.93. The second-order valence-corrected chi connectivity index (χ2v) is 3.44. The number of rotatable bonds is 4. The molecular formula is C10H12OS. The molecule has 0 heterocycles. The third kappa shape index (κ3) is 2.70. The first-order chi connectivity index (χ1) is 5.86. The molecule has 0 aliphatic carbocycles. The van der Waals surface area contributed by atoms with Gasteiger partial charge in [-0.15, -0.1) is 11.8 Å². The van der Waals surface area contributed by atoms with Crippen LogP contribution in [0.25, 0.3) is 0 Å². The Hall–Kier alpha value is -0.760. The van der Waals surface area contributed by atoms with Gasteiger partial charge in [0.2, 0.25) is 0 Å². The van der Waals surface area contributed by atoms with Crippen molar-refractivity contribution < 1.29 is 4.79 Å². The van der Waals surface area contributed by atoms with E-state index in [1.165, 1.54) is 10.5 Å². The fraction of sp³-hybridized carbons (Fsp3) is 0.300. The molecule has 0 amide bonds. The van der Waals surface area contributed by atoms with Crippen LogP contribution in [0.15, 0.2) is 29.2 Å². The molecule has 12 heavy (non-hydrogen) atoms. The van der Waals surface area contributed by atoms with Gasteiger partial charge in [0.1, 0.15) is 6.29 Å². The van der Waals surface area contributed by atoms with Crippen molar-refractivity contribution in [2.24, 2.45) is 0 Å². The molecule has 0 saturated carbocycles. The number of carbonyl (C=O) groups excluding carboxylic acids is 1. The summed E-state index contributed by atoms with van der Waals surface area (Å²) in [5.41, 5.74) is 1.24. The van der Waals surface area contributed by atoms with E-state index in [1.54, 1.807) is 11.8 Å². The maximum Gasteiger partial charge on any atom is 0.120 e. The van der Waals surface area contributed by atoms with Gasteiger partial charge in [0.05, 0.1) is 0 Å². The average molecular weight is 180 g/mol. The van der Waals surface area contributed by atoms with Crippen molar-refractivity contribution >= 4 is 18.0 Å². The minimum absolute atomic E-state index is 0.623.